The molecule has 0 atom stereocenters. The van der Waals surface area contributed by atoms with Crippen molar-refractivity contribution in [1.29, 1.82) is 0 Å². The Hall–Kier alpha value is -0.160. The summed E-state index contributed by atoms with van der Waals surface area (Å²) < 4.78 is 0. The van der Waals surface area contributed by atoms with E-state index in [-0.39, 0.29) is 5.48 Å². The molecule has 0 rings (SSSR count). The Kier molecular flexibility index (Phi) is 83.1. The summed E-state index contributed by atoms with van der Waals surface area (Å²) in [4.78, 5) is 2.00. The monoisotopic (exact) mass is 154 g/mol. The number of rotatable bonds is 0. The average Bonchev–Trinajstić information content (AvgIpc) is 1.71. The minimum atomic E-state index is 0. The average molecular weight is 154 g/mol. The van der Waals surface area contributed by atoms with E-state index in [4.69, 9.17) is 5.11 Å². The summed E-state index contributed by atoms with van der Waals surface area (Å²) >= 11 is 0. The summed E-state index contributed by atoms with van der Waals surface area (Å²) in [7, 11) is 10.8. The van der Waals surface area contributed by atoms with E-state index in [9.17, 15) is 0 Å². The van der Waals surface area contributed by atoms with Gasteiger partial charge in [0, 0.05) is 7.11 Å². The van der Waals surface area contributed by atoms with E-state index in [2.05, 4.69) is 5.32 Å². The van der Waals surface area contributed by atoms with Crippen LogP contribution in [-0.4, -0.2) is 57.8 Å². The van der Waals surface area contributed by atoms with E-state index in [1.165, 1.54) is 0 Å². The molecule has 68 valence electrons. The number of nitrogens with zero attached hydrogens (tertiary/aromatic N) is 1. The van der Waals surface area contributed by atoms with Gasteiger partial charge in [0.1, 0.15) is 0 Å². The maximum Gasteiger partial charge on any atom is 0.0319 e. The molecule has 0 aromatic carbocycles. The number of nitrogens with one attached hydrogen (secondary N) is 1. The van der Waals surface area contributed by atoms with Crippen LogP contribution in [0.1, 0.15) is 0 Å². The lowest BCUT2D eigenvalue weighted by Crippen LogP contribution is -1.99. The molecule has 0 fully saturated rings. The van der Waals surface area contributed by atoms with Crippen molar-refractivity contribution in [1.82, 2.24) is 10.2 Å². The van der Waals surface area contributed by atoms with Crippen LogP contribution in [0.2, 0.25) is 0 Å². The van der Waals surface area contributed by atoms with Crippen molar-refractivity contribution in [3.63, 3.8) is 0 Å². The highest BCUT2D eigenvalue weighted by Crippen LogP contribution is 1.47. The minimum Gasteiger partial charge on any atom is -0.412 e. The predicted octanol–water partition coefficient (Wildman–Crippen LogP) is -1.20. The van der Waals surface area contributed by atoms with Crippen LogP contribution in [-0.2, 0) is 0 Å². The zero-order chi connectivity index (χ0) is 8.28. The largest absolute Gasteiger partial charge is 0.412 e. The van der Waals surface area contributed by atoms with Crippen LogP contribution < -0.4 is 5.32 Å². The van der Waals surface area contributed by atoms with Crippen LogP contribution in [0.5, 0.6) is 0 Å². The Morgan fingerprint density at radius 1 is 1.00 bits per heavy atom. The van der Waals surface area contributed by atoms with E-state index in [0.717, 1.165) is 7.11 Å². The van der Waals surface area contributed by atoms with E-state index >= 15 is 0 Å². The van der Waals surface area contributed by atoms with Crippen molar-refractivity contribution >= 4 is 0 Å². The third-order valence-electron chi connectivity index (χ3n) is 0. The fourth-order valence-corrected chi connectivity index (χ4v) is 0. The van der Waals surface area contributed by atoms with Crippen LogP contribution in [0, 0.1) is 0 Å². The Morgan fingerprint density at radius 2 is 1.00 bits per heavy atom. The summed E-state index contributed by atoms with van der Waals surface area (Å²) in [5.74, 6) is 0. The second kappa shape index (κ2) is 36.8. The quantitative estimate of drug-likeness (QED) is 0.460. The molecule has 0 saturated carbocycles. The molecule has 0 aliphatic carbocycles. The van der Waals surface area contributed by atoms with E-state index < -0.39 is 0 Å². The van der Waals surface area contributed by atoms with Crippen molar-refractivity contribution in [3.05, 3.63) is 0 Å². The standard InChI is InChI=1S/C3H9N.C2H7N.CH4O.H2O/c1-4(2)3;1-3-2;1-2;/h1-3H3;3H,1-2H3;2H,1H3;1H2. The smallest absolute Gasteiger partial charge is 0.0319 e. The molecule has 0 aromatic rings. The maximum atomic E-state index is 7.00. The van der Waals surface area contributed by atoms with Crippen LogP contribution in [0.15, 0.2) is 0 Å². The molecule has 0 aromatic heterocycles. The third kappa shape index (κ3) is 14300. The molecule has 0 amide bonds. The molecule has 4 N–H and O–H groups in total. The van der Waals surface area contributed by atoms with Gasteiger partial charge in [0.05, 0.1) is 0 Å². The van der Waals surface area contributed by atoms with Gasteiger partial charge in [-0.15, -0.1) is 0 Å². The topological polar surface area (TPSA) is 67.0 Å². The summed E-state index contributed by atoms with van der Waals surface area (Å²) in [6, 6.07) is 0. The zero-order valence-electron chi connectivity index (χ0n) is 7.89. The molecular weight excluding hydrogens is 132 g/mol. The molecule has 10 heavy (non-hydrogen) atoms. The molecule has 0 bridgehead atoms. The number of aliphatic hydroxyl groups is 1. The van der Waals surface area contributed by atoms with Gasteiger partial charge < -0.3 is 20.8 Å². The van der Waals surface area contributed by atoms with Gasteiger partial charge in [-0.25, -0.2) is 0 Å². The zero-order valence-corrected chi connectivity index (χ0v) is 7.89. The van der Waals surface area contributed by atoms with Gasteiger partial charge in [0.2, 0.25) is 0 Å². The van der Waals surface area contributed by atoms with Gasteiger partial charge in [-0.3, -0.25) is 0 Å². The van der Waals surface area contributed by atoms with Crippen LogP contribution >= 0.6 is 0 Å². The highest BCUT2D eigenvalue weighted by Gasteiger charge is 1.58. The van der Waals surface area contributed by atoms with Crippen molar-refractivity contribution < 1.29 is 10.6 Å². The molecule has 0 heterocycles. The Morgan fingerprint density at radius 3 is 1.00 bits per heavy atom. The molecule has 0 spiro atoms. The molecule has 4 heteroatoms. The van der Waals surface area contributed by atoms with Crippen LogP contribution in [0.25, 0.3) is 0 Å². The van der Waals surface area contributed by atoms with Crippen LogP contribution in [0.4, 0.5) is 0 Å². The lowest BCUT2D eigenvalue weighted by atomic mass is 11.0. The first-order valence-electron chi connectivity index (χ1n) is 2.79. The molecule has 0 aliphatic heterocycles. The number of aliphatic hydroxyl groups excluding tert-OH is 1. The Bertz CT molecular complexity index is 25.0. The molecule has 0 unspecified atom stereocenters. The lowest BCUT2D eigenvalue weighted by molar-refractivity contribution is 0.399. The van der Waals surface area contributed by atoms with E-state index in [1.54, 1.807) is 0 Å². The second-order valence-corrected chi connectivity index (χ2v) is 1.84. The second-order valence-electron chi connectivity index (χ2n) is 1.84. The first kappa shape index (κ1) is 22.5. The molecule has 0 radical (unpaired) electrons. The highest BCUT2D eigenvalue weighted by molar-refractivity contribution is 4.09. The first-order valence-corrected chi connectivity index (χ1v) is 2.79. The number of hydrogen-bond donors (Lipinski definition) is 2. The van der Waals surface area contributed by atoms with Gasteiger partial charge in [0.15, 0.2) is 0 Å². The molecule has 0 aliphatic rings. The first-order chi connectivity index (χ1) is 4.15. The molecule has 0 saturated heterocycles. The van der Waals surface area contributed by atoms with Crippen molar-refractivity contribution in [2.45, 2.75) is 0 Å². The molecule has 4 nitrogen and oxygen atoms in total. The van der Waals surface area contributed by atoms with Gasteiger partial charge >= 0.3 is 0 Å². The number of hydrogen-bond acceptors (Lipinski definition) is 3. The Labute approximate surface area is 64.2 Å². The summed E-state index contributed by atoms with van der Waals surface area (Å²) in [6.07, 6.45) is 0. The van der Waals surface area contributed by atoms with Gasteiger partial charge in [0.25, 0.3) is 0 Å². The van der Waals surface area contributed by atoms with Crippen molar-refractivity contribution in [2.24, 2.45) is 0 Å². The summed E-state index contributed by atoms with van der Waals surface area (Å²) in [5, 5.41) is 9.75. The minimum absolute atomic E-state index is 0. The summed E-state index contributed by atoms with van der Waals surface area (Å²) in [5.41, 5.74) is 0. The summed E-state index contributed by atoms with van der Waals surface area (Å²) in [6.45, 7) is 0. The van der Waals surface area contributed by atoms with E-state index in [0.29, 0.717) is 0 Å². The highest BCUT2D eigenvalue weighted by atomic mass is 16.2. The fraction of sp³-hybridized carbons (Fsp3) is 1.00. The van der Waals surface area contributed by atoms with Crippen molar-refractivity contribution in [2.75, 3.05) is 42.3 Å². The van der Waals surface area contributed by atoms with Crippen LogP contribution in [0.3, 0.4) is 0 Å². The van der Waals surface area contributed by atoms with Gasteiger partial charge in [-0.2, -0.15) is 0 Å². The van der Waals surface area contributed by atoms with Gasteiger partial charge in [-0.05, 0) is 35.2 Å². The Balaban J connectivity index is -0.0000000273. The molecular formula is C6H22N2O2. The lowest BCUT2D eigenvalue weighted by Gasteiger charge is -1.90. The van der Waals surface area contributed by atoms with Gasteiger partial charge in [-0.1, -0.05) is 0 Å². The fourth-order valence-electron chi connectivity index (χ4n) is 0. The predicted molar refractivity (Wildman–Crippen MR) is 46.4 cm³/mol. The third-order valence-corrected chi connectivity index (χ3v) is 0. The SMILES string of the molecule is CN(C)C.CNC.CO.O. The normalized spacial score (nSPS) is 6.00. The van der Waals surface area contributed by atoms with E-state index in [1.807, 2.05) is 40.1 Å². The maximum absolute atomic E-state index is 7.00. The van der Waals surface area contributed by atoms with Crippen molar-refractivity contribution in [3.8, 4) is 0 Å².